The van der Waals surface area contributed by atoms with Gasteiger partial charge in [0.25, 0.3) is 0 Å². The first kappa shape index (κ1) is 16.7. The molecule has 0 amide bonds. The van der Waals surface area contributed by atoms with Crippen molar-refractivity contribution in [3.8, 4) is 22.7 Å². The van der Waals surface area contributed by atoms with E-state index in [1.807, 2.05) is 78.9 Å². The van der Waals surface area contributed by atoms with E-state index in [2.05, 4.69) is 5.21 Å². The van der Waals surface area contributed by atoms with Crippen LogP contribution < -0.4 is 10.2 Å². The first-order chi connectivity index (χ1) is 13.2. The number of nitrogens with zero attached hydrogens (tertiary/aromatic N) is 3. The normalized spacial score (nSPS) is 10.7. The summed E-state index contributed by atoms with van der Waals surface area (Å²) in [6, 6.07) is 28.0. The van der Waals surface area contributed by atoms with Gasteiger partial charge in [0.15, 0.2) is 11.3 Å². The summed E-state index contributed by atoms with van der Waals surface area (Å²) < 4.78 is 2.77. The van der Waals surface area contributed by atoms with Crippen molar-refractivity contribution in [2.75, 3.05) is 0 Å². The quantitative estimate of drug-likeness (QED) is 0.572. The molecule has 0 spiro atoms. The minimum atomic E-state index is -0.366. The van der Waals surface area contributed by atoms with Crippen LogP contribution in [0.15, 0.2) is 95.8 Å². The Balaban J connectivity index is 1.95. The van der Waals surface area contributed by atoms with E-state index in [4.69, 9.17) is 0 Å². The number of rotatable bonds is 4. The van der Waals surface area contributed by atoms with Gasteiger partial charge in [0, 0.05) is 0 Å². The average molecular weight is 356 g/mol. The van der Waals surface area contributed by atoms with Crippen LogP contribution in [0.2, 0.25) is 0 Å². The Morgan fingerprint density at radius 2 is 1.37 bits per heavy atom. The zero-order valence-electron chi connectivity index (χ0n) is 14.6. The van der Waals surface area contributed by atoms with Gasteiger partial charge in [0.05, 0.1) is 0 Å². The van der Waals surface area contributed by atoms with Crippen molar-refractivity contribution < 1.29 is 9.79 Å². The summed E-state index contributed by atoms with van der Waals surface area (Å²) in [6.07, 6.45) is 0. The van der Waals surface area contributed by atoms with Crippen LogP contribution >= 0.6 is 0 Å². The molecule has 0 radical (unpaired) electrons. The van der Waals surface area contributed by atoms with Gasteiger partial charge in [-0.15, -0.1) is 0 Å². The van der Waals surface area contributed by atoms with E-state index in [0.717, 1.165) is 5.56 Å². The molecule has 0 unspecified atom stereocenters. The topological polar surface area (TPSA) is 59.0 Å². The van der Waals surface area contributed by atoms with Gasteiger partial charge in [-0.2, -0.15) is 0 Å². The zero-order chi connectivity index (χ0) is 18.6. The van der Waals surface area contributed by atoms with Gasteiger partial charge < -0.3 is 5.11 Å². The van der Waals surface area contributed by atoms with Crippen LogP contribution in [0, 0.1) is 0 Å². The molecular formula is C22H18N3O2+. The van der Waals surface area contributed by atoms with Crippen molar-refractivity contribution in [3.63, 3.8) is 0 Å². The second kappa shape index (κ2) is 7.25. The van der Waals surface area contributed by atoms with Gasteiger partial charge in [-0.1, -0.05) is 88.2 Å². The largest absolute Gasteiger partial charge is 0.476 e. The molecule has 0 fully saturated rings. The van der Waals surface area contributed by atoms with Gasteiger partial charge in [0.2, 0.25) is 0 Å². The summed E-state index contributed by atoms with van der Waals surface area (Å²) in [5, 5.41) is 15.2. The second-order valence-electron chi connectivity index (χ2n) is 6.15. The molecule has 1 aromatic heterocycles. The summed E-state index contributed by atoms with van der Waals surface area (Å²) in [4.78, 5) is 13.1. The van der Waals surface area contributed by atoms with Crippen LogP contribution in [0.4, 0.5) is 0 Å². The average Bonchev–Trinajstić information content (AvgIpc) is 2.72. The number of hydrogen-bond acceptors (Lipinski definition) is 3. The molecule has 4 aromatic rings. The fraction of sp³-hybridized carbons (Fsp3) is 0.0455. The van der Waals surface area contributed by atoms with Gasteiger partial charge in [-0.05, 0) is 23.3 Å². The highest BCUT2D eigenvalue weighted by Gasteiger charge is 2.25. The summed E-state index contributed by atoms with van der Waals surface area (Å²) >= 11 is 0. The van der Waals surface area contributed by atoms with Crippen molar-refractivity contribution in [3.05, 3.63) is 107 Å². The predicted octanol–water partition coefficient (Wildman–Crippen LogP) is 2.94. The third-order valence-corrected chi connectivity index (χ3v) is 4.31. The highest BCUT2D eigenvalue weighted by Crippen LogP contribution is 2.22. The minimum Gasteiger partial charge on any atom is -0.476 e. The summed E-state index contributed by atoms with van der Waals surface area (Å²) in [6.45, 7) is 0.347. The summed E-state index contributed by atoms with van der Waals surface area (Å²) in [5.74, 6) is -0.151. The highest BCUT2D eigenvalue weighted by atomic mass is 16.3. The van der Waals surface area contributed by atoms with Crippen LogP contribution in [0.5, 0.6) is 5.88 Å². The molecule has 0 bridgehead atoms. The standard InChI is InChI=1S/C22H17N3O2/c26-21-20(18-12-6-2-7-13-18)22(27)25(19-14-8-3-9-15-19)23-24(21)16-17-10-4-1-5-11-17/h1-15H,16H2/p+1. The third kappa shape index (κ3) is 3.35. The maximum atomic E-state index is 13.1. The molecule has 5 nitrogen and oxygen atoms in total. The first-order valence-electron chi connectivity index (χ1n) is 8.65. The Hall–Kier alpha value is -3.73. The Bertz CT molecular complexity index is 1110. The highest BCUT2D eigenvalue weighted by molar-refractivity contribution is 5.66. The van der Waals surface area contributed by atoms with Crippen molar-refractivity contribution in [2.24, 2.45) is 0 Å². The molecule has 1 N–H and O–H groups in total. The Labute approximate surface area is 156 Å². The lowest BCUT2D eigenvalue weighted by molar-refractivity contribution is -0.757. The van der Waals surface area contributed by atoms with Crippen LogP contribution in [-0.4, -0.2) is 15.0 Å². The molecule has 4 rings (SSSR count). The second-order valence-corrected chi connectivity index (χ2v) is 6.15. The maximum absolute atomic E-state index is 13.1. The van der Waals surface area contributed by atoms with Crippen LogP contribution in [0.3, 0.4) is 0 Å². The molecule has 27 heavy (non-hydrogen) atoms. The number of aromatic hydroxyl groups is 1. The smallest absolute Gasteiger partial charge is 0.374 e. The van der Waals surface area contributed by atoms with Gasteiger partial charge >= 0.3 is 11.4 Å². The number of hydrogen-bond donors (Lipinski definition) is 1. The molecule has 0 aliphatic rings. The third-order valence-electron chi connectivity index (χ3n) is 4.31. The molecule has 0 aliphatic carbocycles. The molecule has 5 heteroatoms. The van der Waals surface area contributed by atoms with Crippen LogP contribution in [0.25, 0.3) is 16.8 Å². The number of aromatic nitrogens is 3. The van der Waals surface area contributed by atoms with Gasteiger partial charge in [0.1, 0.15) is 11.8 Å². The lowest BCUT2D eigenvalue weighted by atomic mass is 10.1. The zero-order valence-corrected chi connectivity index (χ0v) is 14.6. The van der Waals surface area contributed by atoms with E-state index in [0.29, 0.717) is 17.8 Å². The molecule has 1 heterocycles. The number of benzene rings is 3. The van der Waals surface area contributed by atoms with E-state index in [9.17, 15) is 9.90 Å². The summed E-state index contributed by atoms with van der Waals surface area (Å²) in [5.41, 5.74) is 2.12. The Morgan fingerprint density at radius 3 is 2.00 bits per heavy atom. The van der Waals surface area contributed by atoms with E-state index < -0.39 is 0 Å². The lowest BCUT2D eigenvalue weighted by Gasteiger charge is -2.08. The van der Waals surface area contributed by atoms with E-state index >= 15 is 0 Å². The molecule has 0 aliphatic heterocycles. The molecule has 3 aromatic carbocycles. The molecule has 0 saturated carbocycles. The molecule has 0 saturated heterocycles. The van der Waals surface area contributed by atoms with Crippen molar-refractivity contribution in [1.82, 2.24) is 9.90 Å². The fourth-order valence-electron chi connectivity index (χ4n) is 2.98. The first-order valence-corrected chi connectivity index (χ1v) is 8.65. The minimum absolute atomic E-state index is 0.151. The molecular weight excluding hydrogens is 338 g/mol. The van der Waals surface area contributed by atoms with E-state index in [1.54, 1.807) is 12.1 Å². The monoisotopic (exact) mass is 356 g/mol. The molecule has 0 atom stereocenters. The summed E-state index contributed by atoms with van der Waals surface area (Å²) in [7, 11) is 0. The SMILES string of the molecule is O=c1c(-c2ccccc2)c(O)[n+](Cc2ccccc2)nn1-c1ccccc1. The Kier molecular flexibility index (Phi) is 4.49. The van der Waals surface area contributed by atoms with Crippen LogP contribution in [-0.2, 0) is 6.54 Å². The van der Waals surface area contributed by atoms with Crippen molar-refractivity contribution in [2.45, 2.75) is 6.54 Å². The van der Waals surface area contributed by atoms with Crippen molar-refractivity contribution >= 4 is 0 Å². The number of para-hydroxylation sites is 1. The van der Waals surface area contributed by atoms with Gasteiger partial charge in [-0.3, -0.25) is 0 Å². The Morgan fingerprint density at radius 1 is 0.815 bits per heavy atom. The lowest BCUT2D eigenvalue weighted by Crippen LogP contribution is -2.46. The van der Waals surface area contributed by atoms with Gasteiger partial charge in [-0.25, -0.2) is 4.79 Å². The maximum Gasteiger partial charge on any atom is 0.374 e. The van der Waals surface area contributed by atoms with E-state index in [1.165, 1.54) is 9.36 Å². The van der Waals surface area contributed by atoms with Crippen LogP contribution in [0.1, 0.15) is 5.56 Å². The van der Waals surface area contributed by atoms with E-state index in [-0.39, 0.29) is 17.0 Å². The van der Waals surface area contributed by atoms with Crippen molar-refractivity contribution in [1.29, 1.82) is 0 Å². The predicted molar refractivity (Wildman–Crippen MR) is 103 cm³/mol. The molecule has 132 valence electrons. The fourth-order valence-corrected chi connectivity index (χ4v) is 2.98.